The van der Waals surface area contributed by atoms with E-state index in [1.165, 1.54) is 19.2 Å². The summed E-state index contributed by atoms with van der Waals surface area (Å²) in [6, 6.07) is 9.72. The summed E-state index contributed by atoms with van der Waals surface area (Å²) in [5.74, 6) is 0.253. The fourth-order valence-electron chi connectivity index (χ4n) is 2.66. The molecule has 2 aromatic carbocycles. The molecule has 150 valence electrons. The summed E-state index contributed by atoms with van der Waals surface area (Å²) in [4.78, 5) is 23.7. The van der Waals surface area contributed by atoms with Gasteiger partial charge in [0.15, 0.2) is 0 Å². The van der Waals surface area contributed by atoms with Gasteiger partial charge in [0.05, 0.1) is 31.5 Å². The number of carboxylic acids is 1. The molecule has 0 spiro atoms. The van der Waals surface area contributed by atoms with E-state index in [2.05, 4.69) is 5.32 Å². The molecule has 0 radical (unpaired) electrons. The van der Waals surface area contributed by atoms with E-state index in [4.69, 9.17) is 19.3 Å². The highest BCUT2D eigenvalue weighted by molar-refractivity contribution is 5.97. The maximum atomic E-state index is 12.6. The lowest BCUT2D eigenvalue weighted by atomic mass is 10.1. The first-order valence-corrected chi connectivity index (χ1v) is 8.88. The van der Waals surface area contributed by atoms with Crippen molar-refractivity contribution in [1.82, 2.24) is 5.32 Å². The summed E-state index contributed by atoms with van der Waals surface area (Å²) in [6.45, 7) is 4.12. The Bertz CT molecular complexity index is 847. The van der Waals surface area contributed by atoms with Gasteiger partial charge in [-0.3, -0.25) is 4.79 Å². The largest absolute Gasteiger partial charge is 0.497 e. The number of methoxy groups -OCH3 is 2. The molecule has 2 N–H and O–H groups in total. The zero-order valence-electron chi connectivity index (χ0n) is 16.4. The smallest absolute Gasteiger partial charge is 0.335 e. The second-order valence-electron chi connectivity index (χ2n) is 6.37. The minimum Gasteiger partial charge on any atom is -0.497 e. The molecule has 0 aliphatic carbocycles. The second-order valence-corrected chi connectivity index (χ2v) is 6.37. The number of benzene rings is 2. The summed E-state index contributed by atoms with van der Waals surface area (Å²) in [6.07, 6.45) is 0.404. The average molecular weight is 387 g/mol. The Kier molecular flexibility index (Phi) is 7.26. The number of aromatic carboxylic acids is 1. The molecule has 0 aromatic heterocycles. The van der Waals surface area contributed by atoms with Gasteiger partial charge in [0.25, 0.3) is 5.91 Å². The van der Waals surface area contributed by atoms with Crippen LogP contribution in [0.5, 0.6) is 17.2 Å². The first-order chi connectivity index (χ1) is 13.3. The van der Waals surface area contributed by atoms with E-state index in [0.717, 1.165) is 5.56 Å². The molecule has 0 aliphatic heterocycles. The zero-order valence-corrected chi connectivity index (χ0v) is 16.4. The van der Waals surface area contributed by atoms with E-state index in [-0.39, 0.29) is 17.6 Å². The number of amides is 1. The number of carbonyl (C=O) groups is 2. The van der Waals surface area contributed by atoms with Crippen molar-refractivity contribution in [3.8, 4) is 17.2 Å². The Labute approximate surface area is 164 Å². The molecule has 0 atom stereocenters. The third kappa shape index (κ3) is 5.39. The topological polar surface area (TPSA) is 94.1 Å². The molecule has 0 aliphatic rings. The third-order valence-electron chi connectivity index (χ3n) is 4.01. The van der Waals surface area contributed by atoms with Crippen molar-refractivity contribution in [2.45, 2.75) is 26.4 Å². The highest BCUT2D eigenvalue weighted by Gasteiger charge is 2.15. The Hall–Kier alpha value is -3.22. The molecule has 0 bridgehead atoms. The van der Waals surface area contributed by atoms with E-state index < -0.39 is 5.97 Å². The molecule has 28 heavy (non-hydrogen) atoms. The van der Waals surface area contributed by atoms with Crippen molar-refractivity contribution in [2.75, 3.05) is 20.8 Å². The maximum absolute atomic E-state index is 12.6. The number of ether oxygens (including phenoxy) is 3. The lowest BCUT2D eigenvalue weighted by Gasteiger charge is -2.15. The van der Waals surface area contributed by atoms with Gasteiger partial charge >= 0.3 is 5.97 Å². The van der Waals surface area contributed by atoms with Gasteiger partial charge in [-0.05, 0) is 50.1 Å². The molecular formula is C21H25NO6. The Morgan fingerprint density at radius 2 is 1.79 bits per heavy atom. The lowest BCUT2D eigenvalue weighted by Crippen LogP contribution is -2.26. The third-order valence-corrected chi connectivity index (χ3v) is 4.01. The van der Waals surface area contributed by atoms with Gasteiger partial charge in [-0.2, -0.15) is 0 Å². The molecule has 2 rings (SSSR count). The van der Waals surface area contributed by atoms with Gasteiger partial charge in [-0.1, -0.05) is 6.07 Å². The molecule has 2 aromatic rings. The van der Waals surface area contributed by atoms with Crippen LogP contribution < -0.4 is 19.5 Å². The van der Waals surface area contributed by atoms with E-state index in [0.29, 0.717) is 35.8 Å². The van der Waals surface area contributed by atoms with Gasteiger partial charge in [0.1, 0.15) is 17.2 Å². The molecule has 7 nitrogen and oxygen atoms in total. The van der Waals surface area contributed by atoms with Crippen LogP contribution >= 0.6 is 0 Å². The quantitative estimate of drug-likeness (QED) is 0.686. The summed E-state index contributed by atoms with van der Waals surface area (Å²) < 4.78 is 16.2. The first kappa shape index (κ1) is 21.1. The van der Waals surface area contributed by atoms with Crippen LogP contribution in [-0.4, -0.2) is 43.9 Å². The number of hydrogen-bond donors (Lipinski definition) is 2. The van der Waals surface area contributed by atoms with Crippen LogP contribution in [0.2, 0.25) is 0 Å². The van der Waals surface area contributed by atoms with Crippen LogP contribution in [-0.2, 0) is 6.42 Å². The van der Waals surface area contributed by atoms with Gasteiger partial charge in [0.2, 0.25) is 0 Å². The maximum Gasteiger partial charge on any atom is 0.335 e. The first-order valence-electron chi connectivity index (χ1n) is 8.88. The minimum absolute atomic E-state index is 0.0873. The molecule has 0 saturated carbocycles. The summed E-state index contributed by atoms with van der Waals surface area (Å²) in [5, 5.41) is 11.9. The fourth-order valence-corrected chi connectivity index (χ4v) is 2.66. The summed E-state index contributed by atoms with van der Waals surface area (Å²) in [7, 11) is 3.03. The van der Waals surface area contributed by atoms with Gasteiger partial charge in [-0.25, -0.2) is 4.79 Å². The Morgan fingerprint density at radius 3 is 2.39 bits per heavy atom. The number of carbonyl (C=O) groups excluding carboxylic acids is 1. The van der Waals surface area contributed by atoms with Crippen molar-refractivity contribution in [3.63, 3.8) is 0 Å². The molecule has 0 fully saturated rings. The lowest BCUT2D eigenvalue weighted by molar-refractivity contribution is 0.0696. The van der Waals surface area contributed by atoms with E-state index in [1.807, 2.05) is 13.8 Å². The van der Waals surface area contributed by atoms with Crippen molar-refractivity contribution >= 4 is 11.9 Å². The SMILES string of the molecule is COc1ccc(C(=O)NCCc2ccc(C(=O)O)cc2OC)c(OC(C)C)c1. The summed E-state index contributed by atoms with van der Waals surface area (Å²) >= 11 is 0. The van der Waals surface area contributed by atoms with Crippen LogP contribution in [0.4, 0.5) is 0 Å². The molecule has 0 heterocycles. The predicted octanol–water partition coefficient (Wildman–Crippen LogP) is 3.16. The van der Waals surface area contributed by atoms with E-state index >= 15 is 0 Å². The van der Waals surface area contributed by atoms with Gasteiger partial charge in [0, 0.05) is 12.6 Å². The van der Waals surface area contributed by atoms with E-state index in [9.17, 15) is 9.59 Å². The van der Waals surface area contributed by atoms with Crippen molar-refractivity contribution < 1.29 is 28.9 Å². The normalized spacial score (nSPS) is 10.5. The number of nitrogens with one attached hydrogen (secondary N) is 1. The van der Waals surface area contributed by atoms with Gasteiger partial charge < -0.3 is 24.6 Å². The predicted molar refractivity (Wildman–Crippen MR) is 105 cm³/mol. The fraction of sp³-hybridized carbons (Fsp3) is 0.333. The highest BCUT2D eigenvalue weighted by atomic mass is 16.5. The van der Waals surface area contributed by atoms with Crippen LogP contribution in [0.25, 0.3) is 0 Å². The van der Waals surface area contributed by atoms with Crippen LogP contribution in [0.15, 0.2) is 36.4 Å². The van der Waals surface area contributed by atoms with Crippen molar-refractivity contribution in [3.05, 3.63) is 53.1 Å². The monoisotopic (exact) mass is 387 g/mol. The minimum atomic E-state index is -1.02. The average Bonchev–Trinajstić information content (AvgIpc) is 2.67. The molecular weight excluding hydrogens is 362 g/mol. The standard InChI is InChI=1S/C21H25NO6/c1-13(2)28-19-12-16(26-3)7-8-17(19)20(23)22-10-9-14-5-6-15(21(24)25)11-18(14)27-4/h5-8,11-13H,9-10H2,1-4H3,(H,22,23)(H,24,25). The van der Waals surface area contributed by atoms with Gasteiger partial charge in [-0.15, -0.1) is 0 Å². The molecule has 1 amide bonds. The Morgan fingerprint density at radius 1 is 1.04 bits per heavy atom. The second kappa shape index (κ2) is 9.64. The van der Waals surface area contributed by atoms with Crippen molar-refractivity contribution in [2.24, 2.45) is 0 Å². The van der Waals surface area contributed by atoms with Crippen LogP contribution in [0.1, 0.15) is 40.1 Å². The van der Waals surface area contributed by atoms with Crippen molar-refractivity contribution in [1.29, 1.82) is 0 Å². The molecule has 7 heteroatoms. The molecule has 0 unspecified atom stereocenters. The van der Waals surface area contributed by atoms with Crippen LogP contribution in [0.3, 0.4) is 0 Å². The highest BCUT2D eigenvalue weighted by Crippen LogP contribution is 2.26. The number of rotatable bonds is 9. The zero-order chi connectivity index (χ0) is 20.7. The molecule has 0 saturated heterocycles. The van der Waals surface area contributed by atoms with Crippen LogP contribution in [0, 0.1) is 0 Å². The number of hydrogen-bond acceptors (Lipinski definition) is 5. The number of carboxylic acid groups (broad SMARTS) is 1. The Balaban J connectivity index is 2.07. The summed E-state index contributed by atoms with van der Waals surface area (Å²) in [5.41, 5.74) is 1.38. The van der Waals surface area contributed by atoms with E-state index in [1.54, 1.807) is 31.4 Å².